The minimum Gasteiger partial charge on any atom is -0.386 e. The quantitative estimate of drug-likeness (QED) is 0.0244. The molecule has 0 radical (unpaired) electrons. The number of phosphoric acid groups is 3. The van der Waals surface area contributed by atoms with Crippen molar-refractivity contribution < 1.29 is 80.5 Å². The van der Waals surface area contributed by atoms with Crippen molar-refractivity contribution in [2.45, 2.75) is 148 Å². The standard InChI is InChI=1S/C39H68N7O17P3S.3H3N/c1-4-5-6-7-8-9-10-11-12-13-14-15-16-17-18-19-30(48)67-23-22-41-29(47)20-21-42-37(51)34(50)39(2,3)25-60-66(57,58)63-65(55,56)59-24-28-33(62-64(52,53)54)32(49)38(61-28)46-27-45-31-35(40)43-26-44-36(31)46;;;/h9-10,26-28,32-34,38,49-50H,4-8,11-25H2,1-3H3,(H,41,47)(H,42,51)(H,55,56)(H,57,58)(H2,40,43,44)(H2,52,53,54);3*1H3/b10-9-;;;/t28-,32+,33?,34+,38-;;;/m1.../s1. The Hall–Kier alpha value is -2.82. The third kappa shape index (κ3) is 24.7. The summed E-state index contributed by atoms with van der Waals surface area (Å²) in [6, 6.07) is 0. The zero-order valence-corrected chi connectivity index (χ0v) is 43.7. The molecule has 2 aromatic rings. The van der Waals surface area contributed by atoms with Crippen molar-refractivity contribution in [1.82, 2.24) is 48.6 Å². The van der Waals surface area contributed by atoms with Crippen LogP contribution in [0.3, 0.4) is 0 Å². The number of rotatable bonds is 34. The molecule has 0 saturated carbocycles. The van der Waals surface area contributed by atoms with E-state index in [-0.39, 0.29) is 60.1 Å². The fraction of sp³-hybridized carbons (Fsp3) is 0.744. The largest absolute Gasteiger partial charge is 0.481 e. The molecule has 31 heteroatoms. The summed E-state index contributed by atoms with van der Waals surface area (Å²) >= 11 is 1.15. The lowest BCUT2D eigenvalue weighted by Crippen LogP contribution is -2.46. The molecular weight excluding hydrogens is 1010 g/mol. The van der Waals surface area contributed by atoms with E-state index in [1.807, 2.05) is 0 Å². The lowest BCUT2D eigenvalue weighted by atomic mass is 9.87. The molecule has 3 heterocycles. The van der Waals surface area contributed by atoms with E-state index in [9.17, 15) is 57.9 Å². The van der Waals surface area contributed by atoms with E-state index in [1.165, 1.54) is 71.6 Å². The number of ether oxygens (including phenoxy) is 1. The number of carbonyl (C=O) groups is 3. The summed E-state index contributed by atoms with van der Waals surface area (Å²) in [5.74, 6) is -1.03. The van der Waals surface area contributed by atoms with Gasteiger partial charge in [0.25, 0.3) is 0 Å². The molecule has 2 aromatic heterocycles. The number of nitrogen functional groups attached to an aromatic ring is 1. The minimum absolute atomic E-state index is 0. The molecular formula is C39H77N10O17P3S. The third-order valence-electron chi connectivity index (χ3n) is 10.4. The number of aromatic nitrogens is 4. The van der Waals surface area contributed by atoms with Crippen molar-refractivity contribution in [1.29, 1.82) is 0 Å². The molecule has 406 valence electrons. The molecule has 1 saturated heterocycles. The molecule has 3 unspecified atom stereocenters. The monoisotopic (exact) mass is 1080 g/mol. The Morgan fingerprint density at radius 3 is 2.10 bits per heavy atom. The van der Waals surface area contributed by atoms with E-state index in [2.05, 4.69) is 53.5 Å². The summed E-state index contributed by atoms with van der Waals surface area (Å²) in [5, 5.41) is 26.7. The lowest BCUT2D eigenvalue weighted by Gasteiger charge is -2.30. The maximum atomic E-state index is 12.7. The van der Waals surface area contributed by atoms with E-state index in [0.29, 0.717) is 12.2 Å². The number of aliphatic hydroxyl groups is 2. The highest BCUT2D eigenvalue weighted by Gasteiger charge is 2.50. The van der Waals surface area contributed by atoms with Crippen molar-refractivity contribution in [3.05, 3.63) is 24.8 Å². The van der Waals surface area contributed by atoms with Crippen LogP contribution in [0, 0.1) is 5.41 Å². The molecule has 1 aliphatic rings. The van der Waals surface area contributed by atoms with Crippen LogP contribution in [0.15, 0.2) is 24.8 Å². The van der Waals surface area contributed by atoms with E-state index in [0.717, 1.165) is 54.7 Å². The van der Waals surface area contributed by atoms with Gasteiger partial charge in [0.15, 0.2) is 22.8 Å². The molecule has 0 aliphatic carbocycles. The van der Waals surface area contributed by atoms with Crippen molar-refractivity contribution in [3.8, 4) is 0 Å². The number of carbonyl (C=O) groups excluding carboxylic acids is 3. The Bertz CT molecular complexity index is 2050. The highest BCUT2D eigenvalue weighted by atomic mass is 32.2. The number of thioether (sulfide) groups is 1. The first-order chi connectivity index (χ1) is 31.6. The molecule has 0 bridgehead atoms. The average molecular weight is 1080 g/mol. The zero-order valence-electron chi connectivity index (χ0n) is 40.2. The van der Waals surface area contributed by atoms with E-state index in [1.54, 1.807) is 0 Å². The molecule has 7 atom stereocenters. The highest BCUT2D eigenvalue weighted by Crippen LogP contribution is 2.61. The van der Waals surface area contributed by atoms with Crippen molar-refractivity contribution in [2.75, 3.05) is 37.8 Å². The van der Waals surface area contributed by atoms with Crippen LogP contribution in [0.25, 0.3) is 11.2 Å². The number of anilines is 1. The number of aliphatic hydroxyl groups excluding tert-OH is 2. The number of nitrogens with one attached hydrogen (secondary N) is 2. The average Bonchev–Trinajstić information content (AvgIpc) is 3.81. The van der Waals surface area contributed by atoms with Gasteiger partial charge < -0.3 is 69.3 Å². The number of hydrogen-bond donors (Lipinski definition) is 12. The lowest BCUT2D eigenvalue weighted by molar-refractivity contribution is -0.137. The number of unbranched alkanes of at least 4 members (excludes halogenated alkanes) is 11. The van der Waals surface area contributed by atoms with Gasteiger partial charge >= 0.3 is 23.5 Å². The third-order valence-corrected chi connectivity index (χ3v) is 14.4. The predicted octanol–water partition coefficient (Wildman–Crippen LogP) is 5.19. The second-order valence-electron chi connectivity index (χ2n) is 16.6. The fourth-order valence-corrected chi connectivity index (χ4v) is 10.3. The Morgan fingerprint density at radius 2 is 1.47 bits per heavy atom. The molecule has 1 fully saturated rings. The number of nitrogens with two attached hydrogens (primary N) is 1. The van der Waals surface area contributed by atoms with Crippen molar-refractivity contribution in [3.63, 3.8) is 0 Å². The van der Waals surface area contributed by atoms with E-state index in [4.69, 9.17) is 19.5 Å². The molecule has 0 spiro atoms. The highest BCUT2D eigenvalue weighted by molar-refractivity contribution is 8.13. The smallest absolute Gasteiger partial charge is 0.386 e. The van der Waals surface area contributed by atoms with Gasteiger partial charge in [-0.15, -0.1) is 0 Å². The number of fused-ring (bicyclic) bond motifs is 1. The van der Waals surface area contributed by atoms with E-state index >= 15 is 0 Å². The molecule has 2 amide bonds. The fourth-order valence-electron chi connectivity index (χ4n) is 6.71. The van der Waals surface area contributed by atoms with Crippen LogP contribution >= 0.6 is 35.2 Å². The van der Waals surface area contributed by atoms with Crippen LogP contribution < -0.4 is 34.8 Å². The SMILES string of the molecule is CCCCCC/C=C\CCCCCCCCCC(=O)SCCNC(=O)CCNC(=O)[C@H](O)C(C)(C)COP(=O)(O)OP(=O)(O)OC[C@H]1O[C@@H](n2cnc3c(N)ncnc32)[C@@H](O)C1OP(=O)(O)O.N.N.N. The van der Waals surface area contributed by atoms with Gasteiger partial charge in [0, 0.05) is 37.1 Å². The number of imidazole rings is 1. The molecule has 19 N–H and O–H groups in total. The van der Waals surface area contributed by atoms with Crippen LogP contribution in [0.4, 0.5) is 5.82 Å². The number of amides is 2. The van der Waals surface area contributed by atoms with Gasteiger partial charge in [0.2, 0.25) is 11.8 Å². The van der Waals surface area contributed by atoms with Crippen LogP contribution in [0.2, 0.25) is 0 Å². The normalized spacial score (nSPS) is 19.3. The first-order valence-electron chi connectivity index (χ1n) is 22.3. The number of phosphoric ester groups is 3. The minimum atomic E-state index is -5.57. The Labute approximate surface area is 412 Å². The second-order valence-corrected chi connectivity index (χ2v) is 22.0. The van der Waals surface area contributed by atoms with Crippen LogP contribution in [-0.2, 0) is 50.7 Å². The summed E-state index contributed by atoms with van der Waals surface area (Å²) in [5.41, 5.74) is 4.29. The van der Waals surface area contributed by atoms with Gasteiger partial charge in [0.1, 0.15) is 36.3 Å². The Kier molecular flexibility index (Phi) is 31.8. The van der Waals surface area contributed by atoms with Crippen molar-refractivity contribution >= 4 is 69.1 Å². The summed E-state index contributed by atoms with van der Waals surface area (Å²) in [4.78, 5) is 88.3. The molecule has 3 rings (SSSR count). The molecule has 27 nitrogen and oxygen atoms in total. The maximum Gasteiger partial charge on any atom is 0.481 e. The first-order valence-corrected chi connectivity index (χ1v) is 27.8. The van der Waals surface area contributed by atoms with Crippen LogP contribution in [-0.4, -0.2) is 123 Å². The maximum absolute atomic E-state index is 12.7. The van der Waals surface area contributed by atoms with Gasteiger partial charge in [-0.2, -0.15) is 4.31 Å². The molecule has 0 aromatic carbocycles. The summed E-state index contributed by atoms with van der Waals surface area (Å²) in [6.45, 7) is 2.79. The van der Waals surface area contributed by atoms with Gasteiger partial charge in [-0.1, -0.05) is 96.1 Å². The van der Waals surface area contributed by atoms with E-state index < -0.39 is 84.6 Å². The zero-order chi connectivity index (χ0) is 49.7. The number of nitrogens with zero attached hydrogens (tertiary/aromatic N) is 4. The van der Waals surface area contributed by atoms with Gasteiger partial charge in [-0.25, -0.2) is 28.6 Å². The van der Waals surface area contributed by atoms with Gasteiger partial charge in [0.05, 0.1) is 19.5 Å². The number of hydrogen-bond acceptors (Lipinski definition) is 21. The Balaban J connectivity index is 0.0000159. The summed E-state index contributed by atoms with van der Waals surface area (Å²) in [6.07, 6.45) is 13.4. The Morgan fingerprint density at radius 1 is 0.871 bits per heavy atom. The first kappa shape index (κ1) is 67.2. The van der Waals surface area contributed by atoms with Crippen LogP contribution in [0.5, 0.6) is 0 Å². The van der Waals surface area contributed by atoms with Gasteiger partial charge in [-0.05, 0) is 32.1 Å². The number of allylic oxidation sites excluding steroid dienone is 2. The van der Waals surface area contributed by atoms with Crippen molar-refractivity contribution in [2.24, 2.45) is 5.41 Å². The topological polar surface area (TPSA) is 469 Å². The second kappa shape index (κ2) is 33.1. The molecule has 70 heavy (non-hydrogen) atoms. The summed E-state index contributed by atoms with van der Waals surface area (Å²) in [7, 11) is -16.4. The van der Waals surface area contributed by atoms with Gasteiger partial charge in [-0.3, -0.25) is 32.5 Å². The predicted molar refractivity (Wildman–Crippen MR) is 262 cm³/mol. The summed E-state index contributed by atoms with van der Waals surface area (Å²) < 4.78 is 62.4. The molecule has 1 aliphatic heterocycles. The van der Waals surface area contributed by atoms with Crippen LogP contribution in [0.1, 0.15) is 123 Å².